The first-order valence-electron chi connectivity index (χ1n) is 8.50. The summed E-state index contributed by atoms with van der Waals surface area (Å²) in [6.07, 6.45) is -0.475. The maximum Gasteiger partial charge on any atom is 0.254 e. The Kier molecular flexibility index (Phi) is 5.16. The van der Waals surface area contributed by atoms with Gasteiger partial charge in [0.1, 0.15) is 5.82 Å². The number of aliphatic hydroxyl groups excluding tert-OH is 1. The standard InChI is InChI=1S/C20H23FN2O2/c1-12-3-4-14(7-13(12)2)15-5-6-17(18(21)8-15)20(25)23-10-16-9-22-11-19(16)24/h3-8,16,19,22,24H,9-11H2,1-2H3,(H,23,25). The third-order valence-corrected chi connectivity index (χ3v) is 4.88. The molecule has 2 aromatic rings. The molecule has 3 N–H and O–H groups in total. The predicted octanol–water partition coefficient (Wildman–Crippen LogP) is 2.42. The molecule has 0 radical (unpaired) electrons. The molecule has 5 heteroatoms. The Morgan fingerprint density at radius 2 is 1.88 bits per heavy atom. The second-order valence-electron chi connectivity index (χ2n) is 6.69. The van der Waals surface area contributed by atoms with Crippen LogP contribution < -0.4 is 10.6 Å². The molecule has 1 fully saturated rings. The fourth-order valence-electron chi connectivity index (χ4n) is 3.05. The molecule has 1 aliphatic heterocycles. The van der Waals surface area contributed by atoms with Crippen molar-refractivity contribution in [2.75, 3.05) is 19.6 Å². The number of aryl methyl sites for hydroxylation is 2. The number of aliphatic hydroxyl groups is 1. The average Bonchev–Trinajstić information content (AvgIpc) is 3.00. The van der Waals surface area contributed by atoms with Crippen LogP contribution in [0.25, 0.3) is 11.1 Å². The highest BCUT2D eigenvalue weighted by Crippen LogP contribution is 2.24. The van der Waals surface area contributed by atoms with Crippen LogP contribution in [-0.2, 0) is 0 Å². The summed E-state index contributed by atoms with van der Waals surface area (Å²) in [5.74, 6) is -1.04. The van der Waals surface area contributed by atoms with E-state index in [1.54, 1.807) is 6.07 Å². The number of hydrogen-bond acceptors (Lipinski definition) is 3. The number of benzene rings is 2. The van der Waals surface area contributed by atoms with Crippen molar-refractivity contribution < 1.29 is 14.3 Å². The summed E-state index contributed by atoms with van der Waals surface area (Å²) in [7, 11) is 0. The Labute approximate surface area is 147 Å². The van der Waals surface area contributed by atoms with Crippen LogP contribution >= 0.6 is 0 Å². The lowest BCUT2D eigenvalue weighted by molar-refractivity contribution is 0.0923. The van der Waals surface area contributed by atoms with E-state index < -0.39 is 17.8 Å². The van der Waals surface area contributed by atoms with Gasteiger partial charge in [0.25, 0.3) is 5.91 Å². The lowest BCUT2D eigenvalue weighted by Crippen LogP contribution is -2.34. The van der Waals surface area contributed by atoms with E-state index in [-0.39, 0.29) is 11.5 Å². The molecule has 1 heterocycles. The number of rotatable bonds is 4. The van der Waals surface area contributed by atoms with Crippen molar-refractivity contribution in [3.05, 3.63) is 58.9 Å². The van der Waals surface area contributed by atoms with E-state index >= 15 is 0 Å². The highest BCUT2D eigenvalue weighted by molar-refractivity contribution is 5.95. The van der Waals surface area contributed by atoms with Gasteiger partial charge in [-0.15, -0.1) is 0 Å². The second-order valence-corrected chi connectivity index (χ2v) is 6.69. The second kappa shape index (κ2) is 7.33. The zero-order valence-electron chi connectivity index (χ0n) is 14.5. The van der Waals surface area contributed by atoms with Crippen LogP contribution in [-0.4, -0.2) is 36.8 Å². The minimum absolute atomic E-state index is 0.0213. The molecule has 4 nitrogen and oxygen atoms in total. The lowest BCUT2D eigenvalue weighted by Gasteiger charge is -2.14. The molecule has 0 spiro atoms. The van der Waals surface area contributed by atoms with Gasteiger partial charge in [0.15, 0.2) is 0 Å². The van der Waals surface area contributed by atoms with E-state index in [9.17, 15) is 14.3 Å². The van der Waals surface area contributed by atoms with Crippen LogP contribution in [0.5, 0.6) is 0 Å². The molecule has 2 aromatic carbocycles. The summed E-state index contributed by atoms with van der Waals surface area (Å²) in [5.41, 5.74) is 4.02. The molecular formula is C20H23FN2O2. The molecule has 2 atom stereocenters. The first-order valence-corrected chi connectivity index (χ1v) is 8.50. The molecule has 3 rings (SSSR count). The number of amides is 1. The number of carbonyl (C=O) groups is 1. The van der Waals surface area contributed by atoms with Crippen LogP contribution in [0.4, 0.5) is 4.39 Å². The van der Waals surface area contributed by atoms with Crippen molar-refractivity contribution in [1.29, 1.82) is 0 Å². The molecule has 1 amide bonds. The van der Waals surface area contributed by atoms with Crippen LogP contribution in [0.1, 0.15) is 21.5 Å². The molecule has 0 aliphatic carbocycles. The zero-order valence-corrected chi connectivity index (χ0v) is 14.5. The van der Waals surface area contributed by atoms with Crippen LogP contribution in [0.2, 0.25) is 0 Å². The van der Waals surface area contributed by atoms with Gasteiger partial charge in [0, 0.05) is 25.6 Å². The summed E-state index contributed by atoms with van der Waals surface area (Å²) < 4.78 is 14.4. The molecule has 0 saturated carbocycles. The van der Waals surface area contributed by atoms with Gasteiger partial charge in [-0.1, -0.05) is 24.3 Å². The lowest BCUT2D eigenvalue weighted by atomic mass is 9.99. The monoisotopic (exact) mass is 342 g/mol. The van der Waals surface area contributed by atoms with E-state index in [4.69, 9.17) is 0 Å². The number of β-amino-alcohol motifs (C(OH)–C–C–N with tert-alkyl or cyclic N) is 1. The van der Waals surface area contributed by atoms with E-state index in [0.717, 1.165) is 16.7 Å². The van der Waals surface area contributed by atoms with Crippen molar-refractivity contribution in [2.45, 2.75) is 20.0 Å². The first-order chi connectivity index (χ1) is 12.0. The summed E-state index contributed by atoms with van der Waals surface area (Å²) in [6, 6.07) is 10.6. The molecule has 1 saturated heterocycles. The van der Waals surface area contributed by atoms with E-state index in [1.807, 2.05) is 32.0 Å². The molecule has 1 aliphatic rings. The van der Waals surface area contributed by atoms with Gasteiger partial charge in [0.05, 0.1) is 11.7 Å². The van der Waals surface area contributed by atoms with Crippen LogP contribution in [0.15, 0.2) is 36.4 Å². The normalized spacial score (nSPS) is 19.8. The van der Waals surface area contributed by atoms with Crippen molar-refractivity contribution in [1.82, 2.24) is 10.6 Å². The molecule has 0 aromatic heterocycles. The molecule has 132 valence electrons. The molecule has 25 heavy (non-hydrogen) atoms. The Bertz CT molecular complexity index is 791. The smallest absolute Gasteiger partial charge is 0.254 e. The van der Waals surface area contributed by atoms with E-state index in [2.05, 4.69) is 10.6 Å². The summed E-state index contributed by atoms with van der Waals surface area (Å²) in [6.45, 7) is 5.55. The van der Waals surface area contributed by atoms with Crippen molar-refractivity contribution in [3.63, 3.8) is 0 Å². The van der Waals surface area contributed by atoms with Gasteiger partial charge in [-0.3, -0.25) is 4.79 Å². The zero-order chi connectivity index (χ0) is 18.0. The van der Waals surface area contributed by atoms with Gasteiger partial charge in [-0.25, -0.2) is 4.39 Å². The molecule has 2 unspecified atom stereocenters. The first kappa shape index (κ1) is 17.6. The molecule has 0 bridgehead atoms. The SMILES string of the molecule is Cc1ccc(-c2ccc(C(=O)NCC3CNCC3O)c(F)c2)cc1C. The Morgan fingerprint density at radius 3 is 2.52 bits per heavy atom. The Morgan fingerprint density at radius 1 is 1.16 bits per heavy atom. The maximum atomic E-state index is 14.4. The minimum atomic E-state index is -0.543. The van der Waals surface area contributed by atoms with E-state index in [0.29, 0.717) is 19.6 Å². The number of hydrogen-bond donors (Lipinski definition) is 3. The number of nitrogens with one attached hydrogen (secondary N) is 2. The number of carbonyl (C=O) groups excluding carboxylic acids is 1. The minimum Gasteiger partial charge on any atom is -0.391 e. The number of halogens is 1. The highest BCUT2D eigenvalue weighted by Gasteiger charge is 2.25. The fraction of sp³-hybridized carbons (Fsp3) is 0.350. The van der Waals surface area contributed by atoms with E-state index in [1.165, 1.54) is 17.7 Å². The highest BCUT2D eigenvalue weighted by atomic mass is 19.1. The van der Waals surface area contributed by atoms with Gasteiger partial charge in [0.2, 0.25) is 0 Å². The van der Waals surface area contributed by atoms with Gasteiger partial charge in [-0.2, -0.15) is 0 Å². The summed E-state index contributed by atoms with van der Waals surface area (Å²) in [4.78, 5) is 12.2. The maximum absolute atomic E-state index is 14.4. The fourth-order valence-corrected chi connectivity index (χ4v) is 3.05. The third kappa shape index (κ3) is 3.89. The van der Waals surface area contributed by atoms with Gasteiger partial charge in [-0.05, 0) is 48.2 Å². The van der Waals surface area contributed by atoms with Gasteiger partial charge >= 0.3 is 0 Å². The van der Waals surface area contributed by atoms with Crippen LogP contribution in [0.3, 0.4) is 0 Å². The predicted molar refractivity (Wildman–Crippen MR) is 96.0 cm³/mol. The van der Waals surface area contributed by atoms with Crippen LogP contribution in [0, 0.1) is 25.6 Å². The third-order valence-electron chi connectivity index (χ3n) is 4.88. The van der Waals surface area contributed by atoms with Crippen molar-refractivity contribution >= 4 is 5.91 Å². The molecular weight excluding hydrogens is 319 g/mol. The average molecular weight is 342 g/mol. The van der Waals surface area contributed by atoms with Gasteiger partial charge < -0.3 is 15.7 Å². The Balaban J connectivity index is 1.72. The van der Waals surface area contributed by atoms with Crippen molar-refractivity contribution in [3.8, 4) is 11.1 Å². The largest absolute Gasteiger partial charge is 0.391 e. The quantitative estimate of drug-likeness (QED) is 0.800. The summed E-state index contributed by atoms with van der Waals surface area (Å²) in [5, 5.41) is 15.5. The summed E-state index contributed by atoms with van der Waals surface area (Å²) >= 11 is 0. The topological polar surface area (TPSA) is 61.4 Å². The van der Waals surface area contributed by atoms with Crippen molar-refractivity contribution in [2.24, 2.45) is 5.92 Å². The Hall–Kier alpha value is -2.24.